The predicted octanol–water partition coefficient (Wildman–Crippen LogP) is 2.83. The van der Waals surface area contributed by atoms with Crippen LogP contribution in [0.4, 0.5) is 11.4 Å². The fourth-order valence-corrected chi connectivity index (χ4v) is 2.16. The molecule has 0 radical (unpaired) electrons. The highest BCUT2D eigenvalue weighted by atomic mass is 16.6. The Bertz CT molecular complexity index is 686. The maximum atomic E-state index is 11.3. The number of rotatable bonds is 5. The lowest BCUT2D eigenvalue weighted by atomic mass is 10.00. The maximum Gasteiger partial charge on any atom is 0.271 e. The smallest absolute Gasteiger partial charge is 0.271 e. The number of aliphatic hydroxyl groups is 1. The molecular weight excluding hydrogens is 284 g/mol. The van der Waals surface area contributed by atoms with Crippen molar-refractivity contribution in [2.45, 2.75) is 19.4 Å². The van der Waals surface area contributed by atoms with Gasteiger partial charge in [0.1, 0.15) is 0 Å². The van der Waals surface area contributed by atoms with Crippen LogP contribution in [0.1, 0.15) is 24.2 Å². The molecule has 0 spiro atoms. The largest absolute Gasteiger partial charge is 0.388 e. The molecule has 1 amide bonds. The predicted molar refractivity (Wildman–Crippen MR) is 82.5 cm³/mol. The first-order valence-electron chi connectivity index (χ1n) is 6.75. The molecule has 0 aliphatic rings. The fourth-order valence-electron chi connectivity index (χ4n) is 2.16. The summed E-state index contributed by atoms with van der Waals surface area (Å²) in [6.07, 6.45) is -0.507. The Hall–Kier alpha value is -2.73. The second-order valence-corrected chi connectivity index (χ2v) is 4.91. The van der Waals surface area contributed by atoms with Crippen molar-refractivity contribution in [3.8, 4) is 0 Å². The van der Waals surface area contributed by atoms with Gasteiger partial charge in [0.2, 0.25) is 5.91 Å². The maximum absolute atomic E-state index is 11.3. The first-order chi connectivity index (χ1) is 10.5. The normalized spacial score (nSPS) is 11.7. The molecule has 1 atom stereocenters. The van der Waals surface area contributed by atoms with Crippen LogP contribution in [0.5, 0.6) is 0 Å². The summed E-state index contributed by atoms with van der Waals surface area (Å²) in [7, 11) is 0. The van der Waals surface area contributed by atoms with Crippen molar-refractivity contribution in [3.63, 3.8) is 0 Å². The highest BCUT2D eigenvalue weighted by Gasteiger charge is 2.15. The molecular formula is C16H16N2O4. The Morgan fingerprint density at radius 2 is 1.95 bits per heavy atom. The molecule has 22 heavy (non-hydrogen) atoms. The SMILES string of the molecule is CC(=O)Nc1cc([N+](=O)[O-])ccc1CC(O)c1ccccc1. The minimum atomic E-state index is -0.754. The number of nitro groups is 1. The second-order valence-electron chi connectivity index (χ2n) is 4.91. The van der Waals surface area contributed by atoms with Crippen LogP contribution < -0.4 is 5.32 Å². The summed E-state index contributed by atoms with van der Waals surface area (Å²) in [5.41, 5.74) is 1.62. The number of nitrogens with zero attached hydrogens (tertiary/aromatic N) is 1. The van der Waals surface area contributed by atoms with Crippen molar-refractivity contribution in [1.29, 1.82) is 0 Å². The van der Waals surface area contributed by atoms with Crippen molar-refractivity contribution in [1.82, 2.24) is 0 Å². The molecule has 6 heteroatoms. The molecule has 2 rings (SSSR count). The van der Waals surface area contributed by atoms with Crippen LogP contribution in [0.2, 0.25) is 0 Å². The van der Waals surface area contributed by atoms with Crippen LogP contribution in [0.15, 0.2) is 48.5 Å². The first kappa shape index (κ1) is 15.7. The first-order valence-corrected chi connectivity index (χ1v) is 6.75. The van der Waals surface area contributed by atoms with Crippen molar-refractivity contribution in [3.05, 3.63) is 69.8 Å². The molecule has 0 fully saturated rings. The second kappa shape index (κ2) is 6.82. The molecule has 1 unspecified atom stereocenters. The lowest BCUT2D eigenvalue weighted by Crippen LogP contribution is -2.10. The molecule has 0 saturated heterocycles. The number of non-ortho nitro benzene ring substituents is 1. The van der Waals surface area contributed by atoms with Gasteiger partial charge in [-0.2, -0.15) is 0 Å². The molecule has 2 aromatic rings. The summed E-state index contributed by atoms with van der Waals surface area (Å²) < 4.78 is 0. The summed E-state index contributed by atoms with van der Waals surface area (Å²) in [5, 5.41) is 23.7. The summed E-state index contributed by atoms with van der Waals surface area (Å²) in [6.45, 7) is 1.33. The average molecular weight is 300 g/mol. The molecule has 0 aliphatic heterocycles. The minimum Gasteiger partial charge on any atom is -0.388 e. The molecule has 6 nitrogen and oxygen atoms in total. The summed E-state index contributed by atoms with van der Waals surface area (Å²) >= 11 is 0. The van der Waals surface area contributed by atoms with E-state index >= 15 is 0 Å². The van der Waals surface area contributed by atoms with E-state index in [-0.39, 0.29) is 18.0 Å². The van der Waals surface area contributed by atoms with Crippen LogP contribution >= 0.6 is 0 Å². The van der Waals surface area contributed by atoms with E-state index in [0.717, 1.165) is 5.56 Å². The number of anilines is 1. The number of carbonyl (C=O) groups is 1. The van der Waals surface area contributed by atoms with E-state index in [1.807, 2.05) is 18.2 Å². The van der Waals surface area contributed by atoms with E-state index in [1.165, 1.54) is 19.1 Å². The van der Waals surface area contributed by atoms with Crippen LogP contribution in [-0.4, -0.2) is 15.9 Å². The van der Waals surface area contributed by atoms with Gasteiger partial charge in [0, 0.05) is 25.5 Å². The standard InChI is InChI=1S/C16H16N2O4/c1-11(19)17-15-10-14(18(21)22)8-7-13(15)9-16(20)12-5-3-2-4-6-12/h2-8,10,16,20H,9H2,1H3,(H,17,19). The minimum absolute atomic E-state index is 0.110. The van der Waals surface area contributed by atoms with Crippen LogP contribution in [0, 0.1) is 10.1 Å². The van der Waals surface area contributed by atoms with Gasteiger partial charge in [0.15, 0.2) is 0 Å². The third kappa shape index (κ3) is 3.89. The Morgan fingerprint density at radius 3 is 2.55 bits per heavy atom. The lowest BCUT2D eigenvalue weighted by molar-refractivity contribution is -0.384. The zero-order valence-corrected chi connectivity index (χ0v) is 12.0. The van der Waals surface area contributed by atoms with Crippen molar-refractivity contribution >= 4 is 17.3 Å². The molecule has 0 aromatic heterocycles. The van der Waals surface area contributed by atoms with Crippen molar-refractivity contribution < 1.29 is 14.8 Å². The third-order valence-corrected chi connectivity index (χ3v) is 3.21. The number of nitrogens with one attached hydrogen (secondary N) is 1. The van der Waals surface area contributed by atoms with E-state index in [4.69, 9.17) is 0 Å². The Balaban J connectivity index is 2.29. The fraction of sp³-hybridized carbons (Fsp3) is 0.188. The third-order valence-electron chi connectivity index (χ3n) is 3.21. The Kier molecular flexibility index (Phi) is 4.85. The Labute approximate surface area is 127 Å². The van der Waals surface area contributed by atoms with Gasteiger partial charge in [0.25, 0.3) is 5.69 Å². The van der Waals surface area contributed by atoms with Gasteiger partial charge in [-0.05, 0) is 11.1 Å². The van der Waals surface area contributed by atoms with Crippen LogP contribution in [0.3, 0.4) is 0 Å². The number of aliphatic hydroxyl groups excluding tert-OH is 1. The van der Waals surface area contributed by atoms with Gasteiger partial charge in [-0.25, -0.2) is 0 Å². The summed E-state index contributed by atoms with van der Waals surface area (Å²) in [5.74, 6) is -0.323. The van der Waals surface area contributed by atoms with E-state index < -0.39 is 11.0 Å². The van der Waals surface area contributed by atoms with Gasteiger partial charge < -0.3 is 10.4 Å². The van der Waals surface area contributed by atoms with Gasteiger partial charge in [0.05, 0.1) is 16.7 Å². The summed E-state index contributed by atoms with van der Waals surface area (Å²) in [6, 6.07) is 13.3. The highest BCUT2D eigenvalue weighted by Crippen LogP contribution is 2.27. The van der Waals surface area contributed by atoms with Gasteiger partial charge in [-0.15, -0.1) is 0 Å². The number of hydrogen-bond donors (Lipinski definition) is 2. The van der Waals surface area contributed by atoms with Crippen molar-refractivity contribution in [2.24, 2.45) is 0 Å². The monoisotopic (exact) mass is 300 g/mol. The molecule has 114 valence electrons. The van der Waals surface area contributed by atoms with E-state index in [1.54, 1.807) is 18.2 Å². The van der Waals surface area contributed by atoms with Crippen LogP contribution in [0.25, 0.3) is 0 Å². The van der Waals surface area contributed by atoms with Gasteiger partial charge in [-0.3, -0.25) is 14.9 Å². The molecule has 0 bridgehead atoms. The van der Waals surface area contributed by atoms with E-state index in [9.17, 15) is 20.0 Å². The number of hydrogen-bond acceptors (Lipinski definition) is 4. The highest BCUT2D eigenvalue weighted by molar-refractivity contribution is 5.90. The van der Waals surface area contributed by atoms with Crippen LogP contribution in [-0.2, 0) is 11.2 Å². The lowest BCUT2D eigenvalue weighted by Gasteiger charge is -2.14. The van der Waals surface area contributed by atoms with Gasteiger partial charge >= 0.3 is 0 Å². The van der Waals surface area contributed by atoms with Gasteiger partial charge in [-0.1, -0.05) is 36.4 Å². The molecule has 0 heterocycles. The topological polar surface area (TPSA) is 92.5 Å². The van der Waals surface area contributed by atoms with E-state index in [0.29, 0.717) is 11.3 Å². The average Bonchev–Trinajstić information content (AvgIpc) is 2.49. The number of amides is 1. The molecule has 2 aromatic carbocycles. The quantitative estimate of drug-likeness (QED) is 0.656. The molecule has 0 aliphatic carbocycles. The Morgan fingerprint density at radius 1 is 1.27 bits per heavy atom. The number of benzene rings is 2. The molecule has 0 saturated carbocycles. The van der Waals surface area contributed by atoms with Crippen molar-refractivity contribution in [2.75, 3.05) is 5.32 Å². The zero-order valence-electron chi connectivity index (χ0n) is 12.0. The number of nitro benzene ring substituents is 1. The zero-order chi connectivity index (χ0) is 16.1. The molecule has 2 N–H and O–H groups in total. The van der Waals surface area contributed by atoms with E-state index in [2.05, 4.69) is 5.32 Å². The number of carbonyl (C=O) groups excluding carboxylic acids is 1. The summed E-state index contributed by atoms with van der Waals surface area (Å²) in [4.78, 5) is 21.6.